The fourth-order valence-electron chi connectivity index (χ4n) is 2.20. The molecule has 22 heavy (non-hydrogen) atoms. The summed E-state index contributed by atoms with van der Waals surface area (Å²) in [5, 5.41) is 7.40. The Kier molecular flexibility index (Phi) is 4.08. The third kappa shape index (κ3) is 2.57. The summed E-state index contributed by atoms with van der Waals surface area (Å²) < 4.78 is 6.73. The molecule has 3 aromatic rings. The van der Waals surface area contributed by atoms with Crippen molar-refractivity contribution in [2.45, 2.75) is 20.4 Å². The third-order valence-corrected chi connectivity index (χ3v) is 4.19. The summed E-state index contributed by atoms with van der Waals surface area (Å²) in [7, 11) is 0. The summed E-state index contributed by atoms with van der Waals surface area (Å²) in [6, 6.07) is 0. The number of aryl methyl sites for hydroxylation is 1. The highest BCUT2D eigenvalue weighted by Crippen LogP contribution is 2.29. The van der Waals surface area contributed by atoms with Gasteiger partial charge in [-0.1, -0.05) is 11.6 Å². The number of halogens is 1. The van der Waals surface area contributed by atoms with E-state index in [9.17, 15) is 4.79 Å². The van der Waals surface area contributed by atoms with E-state index in [2.05, 4.69) is 15.1 Å². The molecule has 0 amide bonds. The van der Waals surface area contributed by atoms with Crippen molar-refractivity contribution < 1.29 is 9.53 Å². The highest BCUT2D eigenvalue weighted by Gasteiger charge is 2.20. The van der Waals surface area contributed by atoms with Gasteiger partial charge < -0.3 is 4.74 Å². The number of aromatic nitrogens is 4. The standard InChI is InChI=1S/C14H13ClN4O2S/c1-3-21-14(20)10-4-16-13-11(12(10)15)8(2)18-19(13)5-9-6-22-7-17-9/h4,6-7H,3,5H2,1-2H3. The molecule has 0 atom stereocenters. The molecule has 6 nitrogen and oxygen atoms in total. The molecule has 114 valence electrons. The Balaban J connectivity index is 2.08. The summed E-state index contributed by atoms with van der Waals surface area (Å²) in [6.07, 6.45) is 1.43. The first-order valence-corrected chi connectivity index (χ1v) is 7.99. The van der Waals surface area contributed by atoms with Crippen LogP contribution in [0.15, 0.2) is 17.1 Å². The molecule has 0 aliphatic carbocycles. The molecule has 3 aromatic heterocycles. The SMILES string of the molecule is CCOC(=O)c1cnc2c(c(C)nn2Cc2cscn2)c1Cl. The fraction of sp³-hybridized carbons (Fsp3) is 0.286. The first kappa shape index (κ1) is 14.9. The number of nitrogens with zero attached hydrogens (tertiary/aromatic N) is 4. The molecule has 0 aliphatic rings. The average molecular weight is 337 g/mol. The minimum Gasteiger partial charge on any atom is -0.462 e. The lowest BCUT2D eigenvalue weighted by Gasteiger charge is -2.05. The maximum Gasteiger partial charge on any atom is 0.341 e. The van der Waals surface area contributed by atoms with Crippen molar-refractivity contribution in [1.82, 2.24) is 19.7 Å². The van der Waals surface area contributed by atoms with E-state index >= 15 is 0 Å². The first-order chi connectivity index (χ1) is 10.6. The van der Waals surface area contributed by atoms with Gasteiger partial charge in [0.05, 0.1) is 46.0 Å². The zero-order valence-electron chi connectivity index (χ0n) is 12.0. The lowest BCUT2D eigenvalue weighted by molar-refractivity contribution is 0.0526. The molecule has 0 saturated carbocycles. The summed E-state index contributed by atoms with van der Waals surface area (Å²) in [5.41, 5.74) is 4.28. The van der Waals surface area contributed by atoms with Gasteiger partial charge in [-0.05, 0) is 13.8 Å². The van der Waals surface area contributed by atoms with E-state index in [0.29, 0.717) is 28.3 Å². The Labute approximate surface area is 135 Å². The first-order valence-electron chi connectivity index (χ1n) is 6.67. The van der Waals surface area contributed by atoms with Crippen molar-refractivity contribution >= 4 is 39.9 Å². The molecule has 0 bridgehead atoms. The minimum atomic E-state index is -0.478. The number of ether oxygens (including phenoxy) is 1. The van der Waals surface area contributed by atoms with Gasteiger partial charge in [-0.25, -0.2) is 19.4 Å². The van der Waals surface area contributed by atoms with Crippen molar-refractivity contribution in [1.29, 1.82) is 0 Å². The van der Waals surface area contributed by atoms with Crippen LogP contribution in [0, 0.1) is 6.92 Å². The fourth-order valence-corrected chi connectivity index (χ4v) is 3.10. The van der Waals surface area contributed by atoms with Gasteiger partial charge in [0, 0.05) is 11.6 Å². The van der Waals surface area contributed by atoms with E-state index in [0.717, 1.165) is 5.69 Å². The molecule has 8 heteroatoms. The molecular formula is C14H13ClN4O2S. The van der Waals surface area contributed by atoms with E-state index < -0.39 is 5.97 Å². The molecule has 0 unspecified atom stereocenters. The lowest BCUT2D eigenvalue weighted by Crippen LogP contribution is -2.07. The summed E-state index contributed by atoms with van der Waals surface area (Å²) >= 11 is 7.89. The molecule has 0 fully saturated rings. The topological polar surface area (TPSA) is 69.9 Å². The van der Waals surface area contributed by atoms with Gasteiger partial charge in [-0.15, -0.1) is 11.3 Å². The highest BCUT2D eigenvalue weighted by molar-refractivity contribution is 7.07. The average Bonchev–Trinajstić information content (AvgIpc) is 3.09. The zero-order chi connectivity index (χ0) is 15.7. The molecule has 3 rings (SSSR count). The Morgan fingerprint density at radius 2 is 2.27 bits per heavy atom. The molecular weight excluding hydrogens is 324 g/mol. The van der Waals surface area contributed by atoms with E-state index in [4.69, 9.17) is 16.3 Å². The van der Waals surface area contributed by atoms with E-state index in [-0.39, 0.29) is 12.2 Å². The number of hydrogen-bond donors (Lipinski definition) is 0. The number of pyridine rings is 1. The number of fused-ring (bicyclic) bond motifs is 1. The smallest absolute Gasteiger partial charge is 0.341 e. The van der Waals surface area contributed by atoms with E-state index in [1.165, 1.54) is 17.5 Å². The Hall–Kier alpha value is -1.99. The quantitative estimate of drug-likeness (QED) is 0.685. The van der Waals surface area contributed by atoms with Gasteiger partial charge in [0.25, 0.3) is 0 Å². The minimum absolute atomic E-state index is 0.257. The van der Waals surface area contributed by atoms with Crippen molar-refractivity contribution in [2.24, 2.45) is 0 Å². The van der Waals surface area contributed by atoms with Crippen LogP contribution in [-0.4, -0.2) is 32.3 Å². The maximum atomic E-state index is 11.9. The number of rotatable bonds is 4. The molecule has 3 heterocycles. The second kappa shape index (κ2) is 6.02. The van der Waals surface area contributed by atoms with Crippen molar-refractivity contribution in [3.63, 3.8) is 0 Å². The van der Waals surface area contributed by atoms with Crippen LogP contribution in [0.25, 0.3) is 11.0 Å². The van der Waals surface area contributed by atoms with Gasteiger partial charge in [0.1, 0.15) is 0 Å². The predicted molar refractivity (Wildman–Crippen MR) is 84.4 cm³/mol. The normalized spacial score (nSPS) is 11.0. The van der Waals surface area contributed by atoms with Gasteiger partial charge in [0.15, 0.2) is 5.65 Å². The summed E-state index contributed by atoms with van der Waals surface area (Å²) in [4.78, 5) is 20.5. The van der Waals surface area contributed by atoms with Crippen molar-refractivity contribution in [3.05, 3.63) is 39.1 Å². The number of esters is 1. The van der Waals surface area contributed by atoms with Gasteiger partial charge in [-0.2, -0.15) is 5.10 Å². The van der Waals surface area contributed by atoms with Crippen LogP contribution in [0.1, 0.15) is 28.7 Å². The molecule has 0 radical (unpaired) electrons. The monoisotopic (exact) mass is 336 g/mol. The van der Waals surface area contributed by atoms with Crippen LogP contribution < -0.4 is 0 Å². The summed E-state index contributed by atoms with van der Waals surface area (Å²) in [6.45, 7) is 4.38. The maximum absolute atomic E-state index is 11.9. The van der Waals surface area contributed by atoms with Crippen LogP contribution in [0.3, 0.4) is 0 Å². The van der Waals surface area contributed by atoms with Crippen LogP contribution in [0.5, 0.6) is 0 Å². The second-order valence-electron chi connectivity index (χ2n) is 4.63. The Morgan fingerprint density at radius 1 is 1.45 bits per heavy atom. The summed E-state index contributed by atoms with van der Waals surface area (Å²) in [5.74, 6) is -0.478. The number of thiazole rings is 1. The van der Waals surface area contributed by atoms with Gasteiger partial charge >= 0.3 is 5.97 Å². The Morgan fingerprint density at radius 3 is 2.95 bits per heavy atom. The van der Waals surface area contributed by atoms with E-state index in [1.54, 1.807) is 17.1 Å². The highest BCUT2D eigenvalue weighted by atomic mass is 35.5. The van der Waals surface area contributed by atoms with Crippen LogP contribution in [0.4, 0.5) is 0 Å². The number of carbonyl (C=O) groups excluding carboxylic acids is 1. The molecule has 0 spiro atoms. The zero-order valence-corrected chi connectivity index (χ0v) is 13.6. The van der Waals surface area contributed by atoms with Crippen LogP contribution in [-0.2, 0) is 11.3 Å². The predicted octanol–water partition coefficient (Wildman–Crippen LogP) is 3.07. The molecule has 0 N–H and O–H groups in total. The number of hydrogen-bond acceptors (Lipinski definition) is 6. The Bertz CT molecular complexity index is 829. The van der Waals surface area contributed by atoms with E-state index in [1.807, 2.05) is 12.3 Å². The molecule has 0 saturated heterocycles. The number of carbonyl (C=O) groups is 1. The molecule has 0 aliphatic heterocycles. The molecule has 0 aromatic carbocycles. The lowest BCUT2D eigenvalue weighted by atomic mass is 10.2. The van der Waals surface area contributed by atoms with Crippen LogP contribution >= 0.6 is 22.9 Å². The van der Waals surface area contributed by atoms with Crippen molar-refractivity contribution in [2.75, 3.05) is 6.61 Å². The van der Waals surface area contributed by atoms with Crippen molar-refractivity contribution in [3.8, 4) is 0 Å². The van der Waals surface area contributed by atoms with Gasteiger partial charge in [0.2, 0.25) is 0 Å². The van der Waals surface area contributed by atoms with Crippen LogP contribution in [0.2, 0.25) is 5.02 Å². The van der Waals surface area contributed by atoms with Gasteiger partial charge in [-0.3, -0.25) is 0 Å². The largest absolute Gasteiger partial charge is 0.462 e. The third-order valence-electron chi connectivity index (χ3n) is 3.16. The second-order valence-corrected chi connectivity index (χ2v) is 5.72.